The first-order valence-electron chi connectivity index (χ1n) is 4.68. The minimum atomic E-state index is 0.546. The molecule has 11 heavy (non-hydrogen) atoms. The van der Waals surface area contributed by atoms with E-state index in [1.807, 2.05) is 7.05 Å². The van der Waals surface area contributed by atoms with Gasteiger partial charge >= 0.3 is 0 Å². The third kappa shape index (κ3) is 2.19. The second-order valence-electron chi connectivity index (χ2n) is 4.96. The maximum absolute atomic E-state index is 3.24. The SMILES string of the molecule is CNCC1CC(C(C)(C)C)C1. The van der Waals surface area contributed by atoms with Crippen LogP contribution in [0.3, 0.4) is 0 Å². The topological polar surface area (TPSA) is 12.0 Å². The minimum Gasteiger partial charge on any atom is -0.319 e. The van der Waals surface area contributed by atoms with Crippen LogP contribution in [0.1, 0.15) is 33.6 Å². The number of nitrogens with one attached hydrogen (secondary N) is 1. The molecule has 0 bridgehead atoms. The standard InChI is InChI=1S/C10H21N/c1-10(2,3)9-5-8(6-9)7-11-4/h8-9,11H,5-7H2,1-4H3. The van der Waals surface area contributed by atoms with Crippen LogP contribution in [0.15, 0.2) is 0 Å². The van der Waals surface area contributed by atoms with E-state index in [1.54, 1.807) is 0 Å². The summed E-state index contributed by atoms with van der Waals surface area (Å²) in [6.45, 7) is 8.28. The molecular formula is C10H21N. The van der Waals surface area contributed by atoms with Gasteiger partial charge < -0.3 is 5.32 Å². The average Bonchev–Trinajstić information content (AvgIpc) is 1.74. The fourth-order valence-electron chi connectivity index (χ4n) is 1.90. The smallest absolute Gasteiger partial charge is 0.00233 e. The third-order valence-electron chi connectivity index (χ3n) is 2.95. The fraction of sp³-hybridized carbons (Fsp3) is 1.00. The van der Waals surface area contributed by atoms with Crippen molar-refractivity contribution >= 4 is 0 Å². The zero-order valence-corrected chi connectivity index (χ0v) is 8.28. The molecule has 1 nitrogen and oxygen atoms in total. The number of rotatable bonds is 2. The largest absolute Gasteiger partial charge is 0.319 e. The highest BCUT2D eigenvalue weighted by Gasteiger charge is 2.36. The summed E-state index contributed by atoms with van der Waals surface area (Å²) in [6.07, 6.45) is 2.87. The zero-order valence-electron chi connectivity index (χ0n) is 8.28. The van der Waals surface area contributed by atoms with Crippen LogP contribution in [-0.4, -0.2) is 13.6 Å². The molecule has 0 saturated heterocycles. The van der Waals surface area contributed by atoms with E-state index in [1.165, 1.54) is 19.4 Å². The van der Waals surface area contributed by atoms with Crippen LogP contribution >= 0.6 is 0 Å². The van der Waals surface area contributed by atoms with Crippen LogP contribution in [-0.2, 0) is 0 Å². The van der Waals surface area contributed by atoms with E-state index in [0.717, 1.165) is 11.8 Å². The van der Waals surface area contributed by atoms with E-state index >= 15 is 0 Å². The Bertz CT molecular complexity index is 117. The average molecular weight is 155 g/mol. The predicted molar refractivity (Wildman–Crippen MR) is 49.6 cm³/mol. The van der Waals surface area contributed by atoms with Crippen molar-refractivity contribution in [2.45, 2.75) is 33.6 Å². The third-order valence-corrected chi connectivity index (χ3v) is 2.95. The van der Waals surface area contributed by atoms with Crippen LogP contribution in [0.4, 0.5) is 0 Å². The molecule has 1 heteroatoms. The molecule has 0 aliphatic heterocycles. The number of hydrogen-bond acceptors (Lipinski definition) is 1. The van der Waals surface area contributed by atoms with Gasteiger partial charge in [0.15, 0.2) is 0 Å². The summed E-state index contributed by atoms with van der Waals surface area (Å²) >= 11 is 0. The molecule has 0 unspecified atom stereocenters. The molecule has 0 atom stereocenters. The van der Waals surface area contributed by atoms with Crippen LogP contribution in [0, 0.1) is 17.3 Å². The van der Waals surface area contributed by atoms with Crippen LogP contribution in [0.2, 0.25) is 0 Å². The zero-order chi connectivity index (χ0) is 8.48. The first-order chi connectivity index (χ1) is 5.04. The minimum absolute atomic E-state index is 0.546. The molecule has 0 aromatic rings. The lowest BCUT2D eigenvalue weighted by atomic mass is 9.63. The van der Waals surface area contributed by atoms with Crippen molar-refractivity contribution in [2.75, 3.05) is 13.6 Å². The highest BCUT2D eigenvalue weighted by Crippen LogP contribution is 2.44. The van der Waals surface area contributed by atoms with Gasteiger partial charge in [-0.15, -0.1) is 0 Å². The molecule has 0 spiro atoms. The van der Waals surface area contributed by atoms with Crippen LogP contribution in [0.25, 0.3) is 0 Å². The highest BCUT2D eigenvalue weighted by molar-refractivity contribution is 4.87. The molecule has 0 amide bonds. The van der Waals surface area contributed by atoms with Gasteiger partial charge in [0.2, 0.25) is 0 Å². The number of hydrogen-bond donors (Lipinski definition) is 1. The second-order valence-corrected chi connectivity index (χ2v) is 4.96. The molecule has 0 radical (unpaired) electrons. The van der Waals surface area contributed by atoms with Gasteiger partial charge in [-0.3, -0.25) is 0 Å². The summed E-state index contributed by atoms with van der Waals surface area (Å²) < 4.78 is 0. The van der Waals surface area contributed by atoms with Crippen molar-refractivity contribution < 1.29 is 0 Å². The molecule has 1 saturated carbocycles. The Morgan fingerprint density at radius 2 is 1.82 bits per heavy atom. The lowest BCUT2D eigenvalue weighted by Crippen LogP contribution is -2.38. The lowest BCUT2D eigenvalue weighted by molar-refractivity contribution is 0.0769. The summed E-state index contributed by atoms with van der Waals surface area (Å²) in [5.74, 6) is 1.94. The summed E-state index contributed by atoms with van der Waals surface area (Å²) in [5.41, 5.74) is 0.546. The normalized spacial score (nSPS) is 31.6. The lowest BCUT2D eigenvalue weighted by Gasteiger charge is -2.43. The molecule has 1 fully saturated rings. The predicted octanol–water partition coefficient (Wildman–Crippen LogP) is 2.28. The van der Waals surface area contributed by atoms with Crippen molar-refractivity contribution in [3.8, 4) is 0 Å². The summed E-state index contributed by atoms with van der Waals surface area (Å²) in [5, 5.41) is 3.24. The molecule has 0 heterocycles. The van der Waals surface area contributed by atoms with E-state index in [-0.39, 0.29) is 0 Å². The molecular weight excluding hydrogens is 134 g/mol. The maximum Gasteiger partial charge on any atom is -0.00233 e. The van der Waals surface area contributed by atoms with E-state index in [0.29, 0.717) is 5.41 Å². The van der Waals surface area contributed by atoms with Gasteiger partial charge in [-0.1, -0.05) is 20.8 Å². The molecule has 1 N–H and O–H groups in total. The van der Waals surface area contributed by atoms with E-state index in [9.17, 15) is 0 Å². The molecule has 1 aliphatic rings. The van der Waals surface area contributed by atoms with Crippen molar-refractivity contribution in [3.05, 3.63) is 0 Å². The van der Waals surface area contributed by atoms with E-state index < -0.39 is 0 Å². The summed E-state index contributed by atoms with van der Waals surface area (Å²) in [6, 6.07) is 0. The molecule has 0 aromatic heterocycles. The monoisotopic (exact) mass is 155 g/mol. The summed E-state index contributed by atoms with van der Waals surface area (Å²) in [7, 11) is 2.05. The van der Waals surface area contributed by atoms with Gasteiger partial charge in [0, 0.05) is 0 Å². The Labute approximate surface area is 70.6 Å². The maximum atomic E-state index is 3.24. The Kier molecular flexibility index (Phi) is 2.58. The highest BCUT2D eigenvalue weighted by atomic mass is 14.8. The Hall–Kier alpha value is -0.0400. The van der Waals surface area contributed by atoms with Gasteiger partial charge in [-0.05, 0) is 43.7 Å². The summed E-state index contributed by atoms with van der Waals surface area (Å²) in [4.78, 5) is 0. The van der Waals surface area contributed by atoms with Crippen LogP contribution in [0.5, 0.6) is 0 Å². The molecule has 0 aromatic carbocycles. The Morgan fingerprint density at radius 1 is 1.27 bits per heavy atom. The van der Waals surface area contributed by atoms with E-state index in [2.05, 4.69) is 26.1 Å². The quantitative estimate of drug-likeness (QED) is 0.645. The van der Waals surface area contributed by atoms with Crippen molar-refractivity contribution in [1.82, 2.24) is 5.32 Å². The van der Waals surface area contributed by atoms with Gasteiger partial charge in [-0.2, -0.15) is 0 Å². The van der Waals surface area contributed by atoms with Gasteiger partial charge in [0.05, 0.1) is 0 Å². The van der Waals surface area contributed by atoms with Gasteiger partial charge in [0.25, 0.3) is 0 Å². The first-order valence-corrected chi connectivity index (χ1v) is 4.68. The van der Waals surface area contributed by atoms with Gasteiger partial charge in [-0.25, -0.2) is 0 Å². The Balaban J connectivity index is 2.19. The van der Waals surface area contributed by atoms with Crippen LogP contribution < -0.4 is 5.32 Å². The second kappa shape index (κ2) is 3.14. The first kappa shape index (κ1) is 9.05. The molecule has 1 aliphatic carbocycles. The molecule has 1 rings (SSSR count). The Morgan fingerprint density at radius 3 is 2.18 bits per heavy atom. The van der Waals surface area contributed by atoms with E-state index in [4.69, 9.17) is 0 Å². The fourth-order valence-corrected chi connectivity index (χ4v) is 1.90. The van der Waals surface area contributed by atoms with Crippen molar-refractivity contribution in [3.63, 3.8) is 0 Å². The molecule has 66 valence electrons. The van der Waals surface area contributed by atoms with Crippen molar-refractivity contribution in [2.24, 2.45) is 17.3 Å². The van der Waals surface area contributed by atoms with Gasteiger partial charge in [0.1, 0.15) is 0 Å². The van der Waals surface area contributed by atoms with Crippen molar-refractivity contribution in [1.29, 1.82) is 0 Å².